The number of nitrogens with zero attached hydrogens (tertiary/aromatic N) is 1. The summed E-state index contributed by atoms with van der Waals surface area (Å²) in [5, 5.41) is 9.08. The number of hydrogen-bond donors (Lipinski definition) is 0. The van der Waals surface area contributed by atoms with Gasteiger partial charge in [-0.15, -0.1) is 0 Å². The highest BCUT2D eigenvalue weighted by Gasteiger charge is 2.48. The fourth-order valence-electron chi connectivity index (χ4n) is 2.12. The number of hydrogen-bond acceptors (Lipinski definition) is 2. The van der Waals surface area contributed by atoms with Crippen LogP contribution in [0.15, 0.2) is 0 Å². The Bertz CT molecular complexity index is 270. The van der Waals surface area contributed by atoms with Gasteiger partial charge in [0.05, 0.1) is 25.7 Å². The summed E-state index contributed by atoms with van der Waals surface area (Å²) < 4.78 is 6.31. The normalized spacial score (nSPS) is 30.5. The van der Waals surface area contributed by atoms with Crippen LogP contribution in [0.25, 0.3) is 0 Å². The van der Waals surface area contributed by atoms with Crippen molar-refractivity contribution in [1.82, 2.24) is 0 Å². The van der Waals surface area contributed by atoms with Crippen LogP contribution in [-0.4, -0.2) is 21.5 Å². The highest BCUT2D eigenvalue weighted by molar-refractivity contribution is 7.38. The average molecular weight is 241 g/mol. The van der Waals surface area contributed by atoms with Crippen molar-refractivity contribution in [2.45, 2.75) is 58.1 Å². The van der Waals surface area contributed by atoms with Gasteiger partial charge in [-0.3, -0.25) is 0 Å². The molecular formula is C11H23NOSi2. The Morgan fingerprint density at radius 1 is 1.40 bits per heavy atom. The Morgan fingerprint density at radius 3 is 2.40 bits per heavy atom. The second-order valence-electron chi connectivity index (χ2n) is 5.73. The molecule has 0 spiro atoms. The quantitative estimate of drug-likeness (QED) is 0.695. The van der Waals surface area contributed by atoms with Gasteiger partial charge in [-0.05, 0) is 25.9 Å². The van der Waals surface area contributed by atoms with Gasteiger partial charge in [0.25, 0.3) is 0 Å². The van der Waals surface area contributed by atoms with Crippen molar-refractivity contribution in [2.24, 2.45) is 5.92 Å². The lowest BCUT2D eigenvalue weighted by Crippen LogP contribution is -2.62. The van der Waals surface area contributed by atoms with E-state index in [2.05, 4.69) is 39.2 Å². The van der Waals surface area contributed by atoms with Crippen LogP contribution in [0.2, 0.25) is 32.2 Å². The third kappa shape index (κ3) is 2.52. The Balaban J connectivity index is 2.75. The molecule has 1 rings (SSSR count). The molecule has 0 N–H and O–H groups in total. The maximum atomic E-state index is 9.08. The van der Waals surface area contributed by atoms with Gasteiger partial charge >= 0.3 is 0 Å². The maximum Gasteiger partial charge on any atom is 0.174 e. The highest BCUT2D eigenvalue weighted by atomic mass is 29.3. The lowest BCUT2D eigenvalue weighted by molar-refractivity contribution is 0.142. The van der Waals surface area contributed by atoms with Gasteiger partial charge in [-0.2, -0.15) is 5.26 Å². The van der Waals surface area contributed by atoms with Gasteiger partial charge in [0.15, 0.2) is 7.83 Å². The van der Waals surface area contributed by atoms with Crippen LogP contribution in [0.5, 0.6) is 0 Å². The van der Waals surface area contributed by atoms with Crippen molar-refractivity contribution in [3.8, 4) is 6.07 Å². The highest BCUT2D eigenvalue weighted by Crippen LogP contribution is 2.36. The topological polar surface area (TPSA) is 33.0 Å². The van der Waals surface area contributed by atoms with E-state index in [0.29, 0.717) is 0 Å². The first-order valence-electron chi connectivity index (χ1n) is 5.91. The van der Waals surface area contributed by atoms with E-state index >= 15 is 0 Å². The Hall–Kier alpha value is -0.116. The predicted molar refractivity (Wildman–Crippen MR) is 68.7 cm³/mol. The molecule has 1 saturated heterocycles. The van der Waals surface area contributed by atoms with Crippen LogP contribution in [0.1, 0.15) is 19.8 Å². The molecule has 1 fully saturated rings. The SMILES string of the molecule is CCC(C#N)C1CC[Si](C)(C)[Si](C)(C)O1. The fraction of sp³-hybridized carbons (Fsp3) is 0.909. The Kier molecular flexibility index (Phi) is 3.80. The lowest BCUT2D eigenvalue weighted by Gasteiger charge is -2.46. The van der Waals surface area contributed by atoms with Gasteiger partial charge in [-0.25, -0.2) is 0 Å². The molecule has 1 heterocycles. The molecule has 0 aromatic carbocycles. The minimum absolute atomic E-state index is 0.113. The van der Waals surface area contributed by atoms with Crippen LogP contribution in [0.4, 0.5) is 0 Å². The van der Waals surface area contributed by atoms with Crippen molar-refractivity contribution in [3.05, 3.63) is 0 Å². The maximum absolute atomic E-state index is 9.08. The second-order valence-corrected chi connectivity index (χ2v) is 20.9. The molecule has 2 nitrogen and oxygen atoms in total. The molecule has 15 heavy (non-hydrogen) atoms. The minimum Gasteiger partial charge on any atom is -0.416 e. The summed E-state index contributed by atoms with van der Waals surface area (Å²) in [5.41, 5.74) is 0. The fourth-order valence-corrected chi connectivity index (χ4v) is 8.74. The third-order valence-corrected chi connectivity index (χ3v) is 20.8. The van der Waals surface area contributed by atoms with Gasteiger partial charge in [0, 0.05) is 0 Å². The summed E-state index contributed by atoms with van der Waals surface area (Å²) in [6.07, 6.45) is 2.26. The van der Waals surface area contributed by atoms with E-state index in [1.54, 1.807) is 0 Å². The molecule has 0 saturated carbocycles. The summed E-state index contributed by atoms with van der Waals surface area (Å²) in [5.74, 6) is 0.113. The van der Waals surface area contributed by atoms with Gasteiger partial charge in [-0.1, -0.05) is 26.1 Å². The van der Waals surface area contributed by atoms with Crippen molar-refractivity contribution >= 4 is 15.4 Å². The zero-order valence-corrected chi connectivity index (χ0v) is 12.6. The molecular weight excluding hydrogens is 218 g/mol. The van der Waals surface area contributed by atoms with E-state index in [1.165, 1.54) is 6.04 Å². The smallest absolute Gasteiger partial charge is 0.174 e. The molecule has 0 aromatic rings. The summed E-state index contributed by atoms with van der Waals surface area (Å²) in [4.78, 5) is 0. The summed E-state index contributed by atoms with van der Waals surface area (Å²) in [6, 6.07) is 3.74. The largest absolute Gasteiger partial charge is 0.416 e. The van der Waals surface area contributed by atoms with E-state index < -0.39 is 15.4 Å². The molecule has 1 aliphatic rings. The van der Waals surface area contributed by atoms with Crippen LogP contribution in [-0.2, 0) is 4.43 Å². The lowest BCUT2D eigenvalue weighted by atomic mass is 9.99. The summed E-state index contributed by atoms with van der Waals surface area (Å²) >= 11 is 0. The molecule has 0 bridgehead atoms. The molecule has 2 atom stereocenters. The molecule has 4 heteroatoms. The second kappa shape index (κ2) is 4.40. The number of nitriles is 1. The van der Waals surface area contributed by atoms with E-state index in [0.717, 1.165) is 12.8 Å². The van der Waals surface area contributed by atoms with Gasteiger partial charge in [0.2, 0.25) is 0 Å². The van der Waals surface area contributed by atoms with Crippen LogP contribution < -0.4 is 0 Å². The first-order chi connectivity index (χ1) is 6.84. The number of rotatable bonds is 2. The van der Waals surface area contributed by atoms with E-state index in [1.807, 2.05) is 0 Å². The van der Waals surface area contributed by atoms with Gasteiger partial charge in [0.1, 0.15) is 0 Å². The van der Waals surface area contributed by atoms with E-state index in [9.17, 15) is 0 Å². The van der Waals surface area contributed by atoms with Crippen LogP contribution in [0.3, 0.4) is 0 Å². The summed E-state index contributed by atoms with van der Waals surface area (Å²) in [7, 11) is -2.61. The predicted octanol–water partition coefficient (Wildman–Crippen LogP) is 3.32. The van der Waals surface area contributed by atoms with Gasteiger partial charge < -0.3 is 4.43 Å². The standard InChI is InChI=1S/C11H23NOSi2/c1-6-10(9-12)11-7-8-14(2,3)15(4,5)13-11/h10-11H,6-8H2,1-5H3. The van der Waals surface area contributed by atoms with E-state index in [4.69, 9.17) is 9.69 Å². The Labute approximate surface area is 95.6 Å². The summed E-state index contributed by atoms with van der Waals surface area (Å²) in [6.45, 7) is 11.7. The van der Waals surface area contributed by atoms with Crippen LogP contribution >= 0.6 is 0 Å². The van der Waals surface area contributed by atoms with Crippen LogP contribution in [0, 0.1) is 17.2 Å². The molecule has 0 radical (unpaired) electrons. The monoisotopic (exact) mass is 241 g/mol. The molecule has 0 amide bonds. The Morgan fingerprint density at radius 2 is 2.00 bits per heavy atom. The molecule has 1 aliphatic heterocycles. The van der Waals surface area contributed by atoms with Crippen molar-refractivity contribution < 1.29 is 4.43 Å². The minimum atomic E-state index is -1.49. The first-order valence-corrected chi connectivity index (χ1v) is 13.0. The molecule has 0 aliphatic carbocycles. The van der Waals surface area contributed by atoms with Crippen molar-refractivity contribution in [3.63, 3.8) is 0 Å². The third-order valence-electron chi connectivity index (χ3n) is 4.18. The average Bonchev–Trinajstić information content (AvgIpc) is 2.13. The van der Waals surface area contributed by atoms with E-state index in [-0.39, 0.29) is 12.0 Å². The van der Waals surface area contributed by atoms with Crippen molar-refractivity contribution in [2.75, 3.05) is 0 Å². The first kappa shape index (κ1) is 13.0. The zero-order chi connectivity index (χ0) is 11.7. The molecule has 2 unspecified atom stereocenters. The molecule has 86 valence electrons. The molecule has 0 aromatic heterocycles. The zero-order valence-electron chi connectivity index (χ0n) is 10.6. The van der Waals surface area contributed by atoms with Crippen molar-refractivity contribution in [1.29, 1.82) is 5.26 Å².